The van der Waals surface area contributed by atoms with Gasteiger partial charge in [0.1, 0.15) is 17.1 Å². The quantitative estimate of drug-likeness (QED) is 0.815. The number of fused-ring (bicyclic) bond motifs is 1. The Labute approximate surface area is 146 Å². The Hall–Kier alpha value is -2.09. The van der Waals surface area contributed by atoms with Crippen molar-refractivity contribution in [3.63, 3.8) is 0 Å². The molecule has 7 heteroatoms. The molecule has 0 aliphatic carbocycles. The predicted octanol–water partition coefficient (Wildman–Crippen LogP) is 1.66. The van der Waals surface area contributed by atoms with Crippen LogP contribution in [-0.4, -0.2) is 73.9 Å². The van der Waals surface area contributed by atoms with Gasteiger partial charge in [0.25, 0.3) is 0 Å². The molecule has 0 amide bonds. The van der Waals surface area contributed by atoms with Crippen molar-refractivity contribution in [2.75, 3.05) is 46.9 Å². The maximum atomic E-state index is 10.8. The molecule has 25 heavy (non-hydrogen) atoms. The van der Waals surface area contributed by atoms with E-state index in [2.05, 4.69) is 4.90 Å². The van der Waals surface area contributed by atoms with Crippen LogP contribution in [0.25, 0.3) is 11.0 Å². The van der Waals surface area contributed by atoms with Gasteiger partial charge >= 0.3 is 5.97 Å². The van der Waals surface area contributed by atoms with Gasteiger partial charge in [0, 0.05) is 25.0 Å². The second-order valence-electron chi connectivity index (χ2n) is 6.43. The van der Waals surface area contributed by atoms with Gasteiger partial charge in [-0.05, 0) is 31.3 Å². The topological polar surface area (TPSA) is 75.4 Å². The number of carboxylic acid groups (broad SMARTS) is 1. The molecule has 1 aromatic heterocycles. The van der Waals surface area contributed by atoms with E-state index in [1.807, 2.05) is 24.3 Å². The highest BCUT2D eigenvalue weighted by molar-refractivity contribution is 5.79. The van der Waals surface area contributed by atoms with Crippen molar-refractivity contribution in [2.24, 2.45) is 0 Å². The molecule has 2 heterocycles. The van der Waals surface area contributed by atoms with E-state index in [-0.39, 0.29) is 12.6 Å². The van der Waals surface area contributed by atoms with Crippen LogP contribution in [0.5, 0.6) is 5.75 Å². The fourth-order valence-corrected chi connectivity index (χ4v) is 3.18. The van der Waals surface area contributed by atoms with E-state index in [0.29, 0.717) is 19.7 Å². The second-order valence-corrected chi connectivity index (χ2v) is 6.43. The Kier molecular flexibility index (Phi) is 5.57. The Balaban J connectivity index is 1.59. The van der Waals surface area contributed by atoms with Crippen molar-refractivity contribution in [1.82, 2.24) is 9.80 Å². The summed E-state index contributed by atoms with van der Waals surface area (Å²) in [6.07, 6.45) is 0.00238. The number of morpholine rings is 1. The smallest absolute Gasteiger partial charge is 0.317 e. The number of benzene rings is 1. The molecule has 0 radical (unpaired) electrons. The lowest BCUT2D eigenvalue weighted by atomic mass is 10.2. The molecule has 1 saturated heterocycles. The molecule has 1 atom stereocenters. The van der Waals surface area contributed by atoms with E-state index in [9.17, 15) is 4.79 Å². The predicted molar refractivity (Wildman–Crippen MR) is 92.9 cm³/mol. The van der Waals surface area contributed by atoms with Gasteiger partial charge in [-0.3, -0.25) is 14.6 Å². The van der Waals surface area contributed by atoms with Crippen molar-refractivity contribution < 1.29 is 23.8 Å². The number of hydrogen-bond acceptors (Lipinski definition) is 6. The number of furan rings is 1. The van der Waals surface area contributed by atoms with Crippen LogP contribution >= 0.6 is 0 Å². The first-order chi connectivity index (χ1) is 12.0. The van der Waals surface area contributed by atoms with Crippen LogP contribution < -0.4 is 4.74 Å². The summed E-state index contributed by atoms with van der Waals surface area (Å²) in [4.78, 5) is 14.8. The zero-order valence-electron chi connectivity index (χ0n) is 14.6. The van der Waals surface area contributed by atoms with Gasteiger partial charge in [-0.1, -0.05) is 0 Å². The first-order valence-electron chi connectivity index (χ1n) is 8.34. The molecule has 136 valence electrons. The van der Waals surface area contributed by atoms with Crippen molar-refractivity contribution in [3.8, 4) is 5.75 Å². The maximum Gasteiger partial charge on any atom is 0.317 e. The number of rotatable bonds is 7. The lowest BCUT2D eigenvalue weighted by Crippen LogP contribution is -2.47. The summed E-state index contributed by atoms with van der Waals surface area (Å²) in [7, 11) is 3.44. The van der Waals surface area contributed by atoms with E-state index in [4.69, 9.17) is 19.0 Å². The minimum atomic E-state index is -0.826. The third kappa shape index (κ3) is 4.72. The molecular weight excluding hydrogens is 324 g/mol. The highest BCUT2D eigenvalue weighted by Crippen LogP contribution is 2.25. The number of nitrogens with zero attached hydrogens (tertiary/aromatic N) is 2. The van der Waals surface area contributed by atoms with Crippen LogP contribution in [0.15, 0.2) is 28.7 Å². The largest absolute Gasteiger partial charge is 0.497 e. The highest BCUT2D eigenvalue weighted by atomic mass is 16.5. The van der Waals surface area contributed by atoms with Gasteiger partial charge < -0.3 is 19.0 Å². The van der Waals surface area contributed by atoms with E-state index in [0.717, 1.165) is 35.6 Å². The zero-order chi connectivity index (χ0) is 17.8. The Morgan fingerprint density at radius 3 is 3.04 bits per heavy atom. The number of ether oxygens (including phenoxy) is 2. The van der Waals surface area contributed by atoms with Gasteiger partial charge in [0.05, 0.1) is 32.9 Å². The van der Waals surface area contributed by atoms with Gasteiger partial charge in [-0.2, -0.15) is 0 Å². The summed E-state index contributed by atoms with van der Waals surface area (Å²) >= 11 is 0. The van der Waals surface area contributed by atoms with Crippen LogP contribution in [0.4, 0.5) is 0 Å². The fourth-order valence-electron chi connectivity index (χ4n) is 3.18. The van der Waals surface area contributed by atoms with Crippen molar-refractivity contribution in [2.45, 2.75) is 12.6 Å². The van der Waals surface area contributed by atoms with E-state index >= 15 is 0 Å². The first-order valence-corrected chi connectivity index (χ1v) is 8.34. The van der Waals surface area contributed by atoms with Crippen molar-refractivity contribution in [1.29, 1.82) is 0 Å². The van der Waals surface area contributed by atoms with E-state index < -0.39 is 5.97 Å². The standard InChI is InChI=1S/C18H24N2O5/c1-19(12-18(21)22)9-16-11-20(5-6-24-16)10-15-8-13-7-14(23-2)3-4-17(13)25-15/h3-4,7-8,16H,5-6,9-12H2,1-2H3,(H,21,22). The number of carbonyl (C=O) groups is 1. The molecule has 1 unspecified atom stereocenters. The van der Waals surface area contributed by atoms with Gasteiger partial charge in [-0.25, -0.2) is 0 Å². The van der Waals surface area contributed by atoms with Gasteiger partial charge in [0.2, 0.25) is 0 Å². The molecule has 2 aromatic rings. The molecule has 0 spiro atoms. The monoisotopic (exact) mass is 348 g/mol. The molecule has 3 rings (SSSR count). The number of carboxylic acids is 1. The molecule has 1 N–H and O–H groups in total. The van der Waals surface area contributed by atoms with Crippen molar-refractivity contribution >= 4 is 16.9 Å². The van der Waals surface area contributed by atoms with Gasteiger partial charge in [0.15, 0.2) is 0 Å². The second kappa shape index (κ2) is 7.86. The van der Waals surface area contributed by atoms with Gasteiger partial charge in [-0.15, -0.1) is 0 Å². The fraction of sp³-hybridized carbons (Fsp3) is 0.500. The average Bonchev–Trinajstić information content (AvgIpc) is 2.95. The minimum absolute atomic E-state index is 0.00238. The number of likely N-dealkylation sites (N-methyl/N-ethyl adjacent to an activating group) is 1. The van der Waals surface area contributed by atoms with Crippen LogP contribution in [0.2, 0.25) is 0 Å². The molecule has 7 nitrogen and oxygen atoms in total. The Morgan fingerprint density at radius 1 is 1.44 bits per heavy atom. The summed E-state index contributed by atoms with van der Waals surface area (Å²) in [6.45, 7) is 3.55. The summed E-state index contributed by atoms with van der Waals surface area (Å²) in [5.74, 6) is 0.892. The molecule has 1 fully saturated rings. The zero-order valence-corrected chi connectivity index (χ0v) is 14.6. The first kappa shape index (κ1) is 17.7. The number of aliphatic carboxylic acids is 1. The normalized spacial score (nSPS) is 18.8. The SMILES string of the molecule is COc1ccc2oc(CN3CCOC(CN(C)CC(=O)O)C3)cc2c1. The van der Waals surface area contributed by atoms with Crippen LogP contribution in [0.1, 0.15) is 5.76 Å². The third-order valence-electron chi connectivity index (χ3n) is 4.30. The lowest BCUT2D eigenvalue weighted by molar-refractivity contribution is -0.138. The number of hydrogen-bond donors (Lipinski definition) is 1. The summed E-state index contributed by atoms with van der Waals surface area (Å²) in [6, 6.07) is 7.81. The summed E-state index contributed by atoms with van der Waals surface area (Å²) < 4.78 is 16.9. The molecular formula is C18H24N2O5. The molecule has 1 aliphatic heterocycles. The van der Waals surface area contributed by atoms with E-state index in [1.165, 1.54) is 0 Å². The lowest BCUT2D eigenvalue weighted by Gasteiger charge is -2.34. The molecule has 0 saturated carbocycles. The highest BCUT2D eigenvalue weighted by Gasteiger charge is 2.23. The maximum absolute atomic E-state index is 10.8. The minimum Gasteiger partial charge on any atom is -0.497 e. The Bertz CT molecular complexity index is 729. The van der Waals surface area contributed by atoms with Crippen molar-refractivity contribution in [3.05, 3.63) is 30.0 Å². The average molecular weight is 348 g/mol. The third-order valence-corrected chi connectivity index (χ3v) is 4.30. The Morgan fingerprint density at radius 2 is 2.28 bits per heavy atom. The van der Waals surface area contributed by atoms with Crippen LogP contribution in [0, 0.1) is 0 Å². The van der Waals surface area contributed by atoms with Crippen LogP contribution in [0.3, 0.4) is 0 Å². The summed E-state index contributed by atoms with van der Waals surface area (Å²) in [5.41, 5.74) is 0.849. The number of methoxy groups -OCH3 is 1. The molecule has 1 aromatic carbocycles. The molecule has 1 aliphatic rings. The summed E-state index contributed by atoms with van der Waals surface area (Å²) in [5, 5.41) is 9.88. The van der Waals surface area contributed by atoms with Crippen LogP contribution in [-0.2, 0) is 16.1 Å². The molecule has 0 bridgehead atoms. The van der Waals surface area contributed by atoms with E-state index in [1.54, 1.807) is 19.1 Å².